The van der Waals surface area contributed by atoms with E-state index in [1.165, 1.54) is 23.1 Å². The standard InChI is InChI=1S/C12H16N2O3S2/c1-2-8-3-4-10(15)14(8)5-6-18-12-13-9(7-19-12)11(16)17/h7-8H,2-6H2,1H3,(H,16,17). The van der Waals surface area contributed by atoms with Gasteiger partial charge in [-0.2, -0.15) is 0 Å². The molecule has 0 spiro atoms. The van der Waals surface area contributed by atoms with Crippen molar-refractivity contribution in [3.63, 3.8) is 0 Å². The highest BCUT2D eigenvalue weighted by Crippen LogP contribution is 2.25. The van der Waals surface area contributed by atoms with Crippen molar-refractivity contribution in [1.29, 1.82) is 0 Å². The zero-order valence-electron chi connectivity index (χ0n) is 10.7. The van der Waals surface area contributed by atoms with Crippen LogP contribution in [0.2, 0.25) is 0 Å². The maximum Gasteiger partial charge on any atom is 0.355 e. The third-order valence-electron chi connectivity index (χ3n) is 3.18. The zero-order valence-corrected chi connectivity index (χ0v) is 12.3. The van der Waals surface area contributed by atoms with Gasteiger partial charge < -0.3 is 10.0 Å². The van der Waals surface area contributed by atoms with Gasteiger partial charge in [-0.3, -0.25) is 4.79 Å². The molecule has 0 radical (unpaired) electrons. The minimum Gasteiger partial charge on any atom is -0.476 e. The van der Waals surface area contributed by atoms with Crippen molar-refractivity contribution in [2.45, 2.75) is 36.6 Å². The van der Waals surface area contributed by atoms with Crippen LogP contribution in [0.4, 0.5) is 0 Å². The number of hydrogen-bond acceptors (Lipinski definition) is 5. The lowest BCUT2D eigenvalue weighted by molar-refractivity contribution is -0.128. The summed E-state index contributed by atoms with van der Waals surface area (Å²) in [6.45, 7) is 2.81. The monoisotopic (exact) mass is 300 g/mol. The molecular formula is C12H16N2O3S2. The Bertz CT molecular complexity index is 475. The molecule has 1 saturated heterocycles. The van der Waals surface area contributed by atoms with E-state index >= 15 is 0 Å². The molecular weight excluding hydrogens is 284 g/mol. The van der Waals surface area contributed by atoms with Gasteiger partial charge in [-0.15, -0.1) is 11.3 Å². The molecule has 1 N–H and O–H groups in total. The molecule has 1 unspecified atom stereocenters. The largest absolute Gasteiger partial charge is 0.476 e. The van der Waals surface area contributed by atoms with E-state index in [-0.39, 0.29) is 11.6 Å². The number of nitrogens with zero attached hydrogens (tertiary/aromatic N) is 2. The molecule has 1 atom stereocenters. The fourth-order valence-electron chi connectivity index (χ4n) is 2.18. The molecule has 1 amide bonds. The van der Waals surface area contributed by atoms with E-state index in [1.807, 2.05) is 4.90 Å². The SMILES string of the molecule is CCC1CCC(=O)N1CCSc1nc(C(=O)O)cs1. The van der Waals surface area contributed by atoms with E-state index in [4.69, 9.17) is 5.11 Å². The minimum atomic E-state index is -0.996. The second-order valence-corrected chi connectivity index (χ2v) is 6.54. The van der Waals surface area contributed by atoms with E-state index in [2.05, 4.69) is 11.9 Å². The maximum absolute atomic E-state index is 11.7. The van der Waals surface area contributed by atoms with E-state index in [1.54, 1.807) is 5.38 Å². The molecule has 19 heavy (non-hydrogen) atoms. The number of hydrogen-bond donors (Lipinski definition) is 1. The molecule has 1 aliphatic rings. The van der Waals surface area contributed by atoms with Gasteiger partial charge >= 0.3 is 5.97 Å². The third-order valence-corrected chi connectivity index (χ3v) is 5.18. The first-order chi connectivity index (χ1) is 9.11. The molecule has 1 aromatic rings. The van der Waals surface area contributed by atoms with E-state index in [0.717, 1.165) is 22.9 Å². The number of aromatic carboxylic acids is 1. The van der Waals surface area contributed by atoms with Crippen molar-refractivity contribution >= 4 is 35.0 Å². The second kappa shape index (κ2) is 6.38. The molecule has 0 saturated carbocycles. The van der Waals surface area contributed by atoms with Crippen LogP contribution in [0.3, 0.4) is 0 Å². The van der Waals surface area contributed by atoms with Crippen LogP contribution in [-0.4, -0.2) is 45.2 Å². The van der Waals surface area contributed by atoms with Crippen LogP contribution in [0.1, 0.15) is 36.7 Å². The first-order valence-electron chi connectivity index (χ1n) is 6.23. The topological polar surface area (TPSA) is 70.5 Å². The van der Waals surface area contributed by atoms with Crippen LogP contribution < -0.4 is 0 Å². The van der Waals surface area contributed by atoms with Gasteiger partial charge in [0.2, 0.25) is 5.91 Å². The summed E-state index contributed by atoms with van der Waals surface area (Å²) in [6.07, 6.45) is 2.61. The summed E-state index contributed by atoms with van der Waals surface area (Å²) in [5.74, 6) is -0.00359. The first-order valence-corrected chi connectivity index (χ1v) is 8.09. The number of carbonyl (C=O) groups excluding carboxylic acids is 1. The first kappa shape index (κ1) is 14.3. The minimum absolute atomic E-state index is 0.0937. The van der Waals surface area contributed by atoms with Crippen LogP contribution >= 0.6 is 23.1 Å². The van der Waals surface area contributed by atoms with Gasteiger partial charge in [-0.1, -0.05) is 18.7 Å². The van der Waals surface area contributed by atoms with Gasteiger partial charge in [0.25, 0.3) is 0 Å². The highest BCUT2D eigenvalue weighted by molar-refractivity contribution is 8.01. The lowest BCUT2D eigenvalue weighted by atomic mass is 10.2. The average Bonchev–Trinajstić information content (AvgIpc) is 2.98. The van der Waals surface area contributed by atoms with Gasteiger partial charge in [0, 0.05) is 30.1 Å². The molecule has 2 heterocycles. The molecule has 5 nitrogen and oxygen atoms in total. The van der Waals surface area contributed by atoms with Crippen molar-refractivity contribution < 1.29 is 14.7 Å². The second-order valence-electron chi connectivity index (χ2n) is 4.34. The number of aromatic nitrogens is 1. The Hall–Kier alpha value is -1.08. The summed E-state index contributed by atoms with van der Waals surface area (Å²) in [5.41, 5.74) is 0.0937. The molecule has 2 rings (SSSR count). The summed E-state index contributed by atoms with van der Waals surface area (Å²) >= 11 is 2.85. The number of thioether (sulfide) groups is 1. The van der Waals surface area contributed by atoms with Crippen molar-refractivity contribution in [3.05, 3.63) is 11.1 Å². The van der Waals surface area contributed by atoms with Gasteiger partial charge in [0.1, 0.15) is 0 Å². The van der Waals surface area contributed by atoms with E-state index < -0.39 is 5.97 Å². The summed E-state index contributed by atoms with van der Waals surface area (Å²) in [4.78, 5) is 28.4. The Morgan fingerprint density at radius 2 is 2.47 bits per heavy atom. The van der Waals surface area contributed by atoms with Crippen LogP contribution in [0.5, 0.6) is 0 Å². The Balaban J connectivity index is 1.82. The normalized spacial score (nSPS) is 19.1. The molecule has 1 fully saturated rings. The van der Waals surface area contributed by atoms with Crippen LogP contribution in [0.15, 0.2) is 9.72 Å². The predicted molar refractivity (Wildman–Crippen MR) is 74.8 cm³/mol. The quantitative estimate of drug-likeness (QED) is 0.817. The number of carboxylic acid groups (broad SMARTS) is 1. The molecule has 0 aromatic carbocycles. The molecule has 1 aromatic heterocycles. The Morgan fingerprint density at radius 3 is 3.11 bits per heavy atom. The Kier molecular flexibility index (Phi) is 4.81. The lowest BCUT2D eigenvalue weighted by Gasteiger charge is -2.23. The molecule has 0 bridgehead atoms. The number of thiazole rings is 1. The van der Waals surface area contributed by atoms with E-state index in [9.17, 15) is 9.59 Å². The van der Waals surface area contributed by atoms with Crippen molar-refractivity contribution in [2.75, 3.05) is 12.3 Å². The average molecular weight is 300 g/mol. The number of amides is 1. The number of likely N-dealkylation sites (tertiary alicyclic amines) is 1. The van der Waals surface area contributed by atoms with Crippen molar-refractivity contribution in [1.82, 2.24) is 9.88 Å². The van der Waals surface area contributed by atoms with Gasteiger partial charge in [-0.05, 0) is 12.8 Å². The highest BCUT2D eigenvalue weighted by atomic mass is 32.2. The van der Waals surface area contributed by atoms with E-state index in [0.29, 0.717) is 19.0 Å². The molecule has 1 aliphatic heterocycles. The summed E-state index contributed by atoms with van der Waals surface area (Å²) in [6, 6.07) is 0.374. The summed E-state index contributed by atoms with van der Waals surface area (Å²) in [7, 11) is 0. The summed E-state index contributed by atoms with van der Waals surface area (Å²) in [5, 5.41) is 10.3. The fourth-order valence-corrected chi connectivity index (χ4v) is 3.99. The van der Waals surface area contributed by atoms with Crippen LogP contribution in [0.25, 0.3) is 0 Å². The maximum atomic E-state index is 11.7. The van der Waals surface area contributed by atoms with Gasteiger partial charge in [0.05, 0.1) is 0 Å². The Morgan fingerprint density at radius 1 is 1.68 bits per heavy atom. The van der Waals surface area contributed by atoms with Gasteiger partial charge in [-0.25, -0.2) is 9.78 Å². The number of rotatable bonds is 6. The van der Waals surface area contributed by atoms with Gasteiger partial charge in [0.15, 0.2) is 10.0 Å². The van der Waals surface area contributed by atoms with Crippen LogP contribution in [0, 0.1) is 0 Å². The number of carboxylic acids is 1. The highest BCUT2D eigenvalue weighted by Gasteiger charge is 2.28. The smallest absolute Gasteiger partial charge is 0.355 e. The van der Waals surface area contributed by atoms with Crippen molar-refractivity contribution in [3.8, 4) is 0 Å². The third kappa shape index (κ3) is 3.48. The number of carbonyl (C=O) groups is 2. The molecule has 7 heteroatoms. The molecule has 104 valence electrons. The Labute approximate surface area is 120 Å². The lowest BCUT2D eigenvalue weighted by Crippen LogP contribution is -2.34. The van der Waals surface area contributed by atoms with Crippen molar-refractivity contribution in [2.24, 2.45) is 0 Å². The fraction of sp³-hybridized carbons (Fsp3) is 0.583. The molecule has 0 aliphatic carbocycles. The zero-order chi connectivity index (χ0) is 13.8. The van der Waals surface area contributed by atoms with Crippen LogP contribution in [-0.2, 0) is 4.79 Å². The summed E-state index contributed by atoms with van der Waals surface area (Å²) < 4.78 is 0.747. The predicted octanol–water partition coefficient (Wildman–Crippen LogP) is 2.33.